The fraction of sp³-hybridized carbons (Fsp3) is 0.462. The lowest BCUT2D eigenvalue weighted by Crippen LogP contribution is -2.32. The van der Waals surface area contributed by atoms with Crippen LogP contribution in [0.1, 0.15) is 22.7 Å². The Kier molecular flexibility index (Phi) is 3.33. The van der Waals surface area contributed by atoms with Crippen molar-refractivity contribution in [1.82, 2.24) is 10.2 Å². The third-order valence-electron chi connectivity index (χ3n) is 3.20. The number of aryl methyl sites for hydroxylation is 2. The molecule has 1 heterocycles. The van der Waals surface area contributed by atoms with E-state index < -0.39 is 0 Å². The minimum atomic E-state index is -0.0126. The zero-order valence-electron chi connectivity index (χ0n) is 10.4. The number of hydrogen-bond acceptors (Lipinski definition) is 2. The molecular formula is C13H19N3O. The quantitative estimate of drug-likeness (QED) is 0.827. The van der Waals surface area contributed by atoms with E-state index in [1.54, 1.807) is 4.90 Å². The minimum absolute atomic E-state index is 0.0126. The number of nitrogens with two attached hydrogens (primary N) is 1. The molecule has 17 heavy (non-hydrogen) atoms. The summed E-state index contributed by atoms with van der Waals surface area (Å²) in [7, 11) is 0. The maximum Gasteiger partial charge on any atom is 0.318 e. The average molecular weight is 233 g/mol. The first kappa shape index (κ1) is 11.9. The molecule has 0 spiro atoms. The molecule has 0 saturated carbocycles. The van der Waals surface area contributed by atoms with Gasteiger partial charge in [0.15, 0.2) is 0 Å². The van der Waals surface area contributed by atoms with Crippen molar-refractivity contribution in [3.05, 3.63) is 34.9 Å². The lowest BCUT2D eigenvalue weighted by atomic mass is 9.99. The van der Waals surface area contributed by atoms with Crippen LogP contribution in [-0.2, 0) is 0 Å². The molecule has 1 unspecified atom stereocenters. The van der Waals surface area contributed by atoms with Crippen LogP contribution in [0.5, 0.6) is 0 Å². The summed E-state index contributed by atoms with van der Waals surface area (Å²) < 4.78 is 0. The van der Waals surface area contributed by atoms with Crippen LogP contribution in [0, 0.1) is 13.8 Å². The van der Waals surface area contributed by atoms with E-state index >= 15 is 0 Å². The van der Waals surface area contributed by atoms with Gasteiger partial charge in [0.2, 0.25) is 0 Å². The van der Waals surface area contributed by atoms with Crippen LogP contribution in [0.2, 0.25) is 0 Å². The Balaban J connectivity index is 2.19. The van der Waals surface area contributed by atoms with Crippen molar-refractivity contribution in [2.24, 2.45) is 5.73 Å². The first-order valence-electron chi connectivity index (χ1n) is 5.94. The molecule has 0 bridgehead atoms. The van der Waals surface area contributed by atoms with Crippen molar-refractivity contribution in [2.75, 3.05) is 19.6 Å². The standard InChI is InChI=1S/C13H19N3O/c1-9-3-4-10(2)11(7-9)12-8-16(6-5-14)13(17)15-12/h3-4,7,12H,5-6,8,14H2,1-2H3,(H,15,17). The number of urea groups is 1. The van der Waals surface area contributed by atoms with E-state index in [1.807, 2.05) is 0 Å². The second-order valence-corrected chi connectivity index (χ2v) is 4.60. The lowest BCUT2D eigenvalue weighted by Gasteiger charge is -2.15. The van der Waals surface area contributed by atoms with Gasteiger partial charge in [0, 0.05) is 19.6 Å². The van der Waals surface area contributed by atoms with Crippen LogP contribution in [0.4, 0.5) is 4.79 Å². The lowest BCUT2D eigenvalue weighted by molar-refractivity contribution is 0.218. The number of carbonyl (C=O) groups is 1. The monoisotopic (exact) mass is 233 g/mol. The molecular weight excluding hydrogens is 214 g/mol. The molecule has 1 aliphatic rings. The van der Waals surface area contributed by atoms with Crippen LogP contribution in [0.15, 0.2) is 18.2 Å². The number of amides is 2. The molecule has 1 saturated heterocycles. The Morgan fingerprint density at radius 2 is 2.24 bits per heavy atom. The van der Waals surface area contributed by atoms with Gasteiger partial charge >= 0.3 is 6.03 Å². The first-order chi connectivity index (χ1) is 8.11. The summed E-state index contributed by atoms with van der Waals surface area (Å²) in [6, 6.07) is 6.41. The van der Waals surface area contributed by atoms with E-state index in [9.17, 15) is 4.79 Å². The largest absolute Gasteiger partial charge is 0.329 e. The van der Waals surface area contributed by atoms with Gasteiger partial charge in [-0.15, -0.1) is 0 Å². The summed E-state index contributed by atoms with van der Waals surface area (Å²) >= 11 is 0. The van der Waals surface area contributed by atoms with Crippen LogP contribution in [-0.4, -0.2) is 30.6 Å². The molecule has 0 aliphatic carbocycles. The van der Waals surface area contributed by atoms with E-state index in [0.29, 0.717) is 19.6 Å². The molecule has 4 nitrogen and oxygen atoms in total. The highest BCUT2D eigenvalue weighted by Crippen LogP contribution is 2.24. The van der Waals surface area contributed by atoms with Crippen molar-refractivity contribution in [2.45, 2.75) is 19.9 Å². The zero-order valence-corrected chi connectivity index (χ0v) is 10.4. The maximum absolute atomic E-state index is 11.7. The molecule has 2 amide bonds. The average Bonchev–Trinajstić information content (AvgIpc) is 2.64. The third-order valence-corrected chi connectivity index (χ3v) is 3.20. The van der Waals surface area contributed by atoms with Gasteiger partial charge in [-0.3, -0.25) is 0 Å². The second-order valence-electron chi connectivity index (χ2n) is 4.60. The van der Waals surface area contributed by atoms with Crippen molar-refractivity contribution < 1.29 is 4.79 Å². The number of hydrogen-bond donors (Lipinski definition) is 2. The minimum Gasteiger partial charge on any atom is -0.329 e. The summed E-state index contributed by atoms with van der Waals surface area (Å²) in [5, 5.41) is 3.00. The van der Waals surface area contributed by atoms with E-state index in [1.165, 1.54) is 16.7 Å². The fourth-order valence-corrected chi connectivity index (χ4v) is 2.25. The van der Waals surface area contributed by atoms with Crippen LogP contribution >= 0.6 is 0 Å². The first-order valence-corrected chi connectivity index (χ1v) is 5.94. The molecule has 0 aromatic heterocycles. The van der Waals surface area contributed by atoms with Crippen molar-refractivity contribution >= 4 is 6.03 Å². The van der Waals surface area contributed by atoms with Gasteiger partial charge in [0.05, 0.1) is 6.04 Å². The third kappa shape index (κ3) is 2.42. The van der Waals surface area contributed by atoms with Gasteiger partial charge in [-0.2, -0.15) is 0 Å². The Labute approximate surface area is 102 Å². The highest BCUT2D eigenvalue weighted by Gasteiger charge is 2.29. The van der Waals surface area contributed by atoms with Gasteiger partial charge in [-0.25, -0.2) is 4.79 Å². The normalized spacial score (nSPS) is 19.6. The molecule has 1 aromatic rings. The Hall–Kier alpha value is -1.55. The molecule has 1 aliphatic heterocycles. The highest BCUT2D eigenvalue weighted by molar-refractivity contribution is 5.77. The highest BCUT2D eigenvalue weighted by atomic mass is 16.2. The smallest absolute Gasteiger partial charge is 0.318 e. The number of nitrogens with one attached hydrogen (secondary N) is 1. The number of rotatable bonds is 3. The van der Waals surface area contributed by atoms with Crippen LogP contribution in [0.3, 0.4) is 0 Å². The zero-order chi connectivity index (χ0) is 12.4. The molecule has 2 rings (SSSR count). The Morgan fingerprint density at radius 3 is 2.94 bits per heavy atom. The molecule has 0 radical (unpaired) electrons. The van der Waals surface area contributed by atoms with Gasteiger partial charge in [-0.1, -0.05) is 23.8 Å². The summed E-state index contributed by atoms with van der Waals surface area (Å²) in [5.74, 6) is 0. The van der Waals surface area contributed by atoms with E-state index in [-0.39, 0.29) is 12.1 Å². The SMILES string of the molecule is Cc1ccc(C)c(C2CN(CCN)C(=O)N2)c1. The number of nitrogens with zero attached hydrogens (tertiary/aromatic N) is 1. The van der Waals surface area contributed by atoms with Crippen molar-refractivity contribution in [3.8, 4) is 0 Å². The fourth-order valence-electron chi connectivity index (χ4n) is 2.25. The summed E-state index contributed by atoms with van der Waals surface area (Å²) in [4.78, 5) is 13.5. The molecule has 3 N–H and O–H groups in total. The molecule has 1 fully saturated rings. The topological polar surface area (TPSA) is 58.4 Å². The van der Waals surface area contributed by atoms with Crippen LogP contribution < -0.4 is 11.1 Å². The number of carbonyl (C=O) groups excluding carboxylic acids is 1. The predicted molar refractivity (Wildman–Crippen MR) is 67.8 cm³/mol. The van der Waals surface area contributed by atoms with Crippen molar-refractivity contribution in [3.63, 3.8) is 0 Å². The van der Waals surface area contributed by atoms with Gasteiger partial charge in [0.25, 0.3) is 0 Å². The Morgan fingerprint density at radius 1 is 1.47 bits per heavy atom. The van der Waals surface area contributed by atoms with E-state index in [0.717, 1.165) is 0 Å². The molecule has 1 atom stereocenters. The molecule has 1 aromatic carbocycles. The maximum atomic E-state index is 11.7. The van der Waals surface area contributed by atoms with E-state index in [2.05, 4.69) is 37.4 Å². The predicted octanol–water partition coefficient (Wildman–Crippen LogP) is 1.33. The second kappa shape index (κ2) is 4.75. The molecule has 4 heteroatoms. The summed E-state index contributed by atoms with van der Waals surface area (Å²) in [6.07, 6.45) is 0. The summed E-state index contributed by atoms with van der Waals surface area (Å²) in [5.41, 5.74) is 9.13. The molecule has 92 valence electrons. The van der Waals surface area contributed by atoms with Gasteiger partial charge in [-0.05, 0) is 25.0 Å². The van der Waals surface area contributed by atoms with Gasteiger partial charge in [0.1, 0.15) is 0 Å². The van der Waals surface area contributed by atoms with E-state index in [4.69, 9.17) is 5.73 Å². The van der Waals surface area contributed by atoms with Crippen LogP contribution in [0.25, 0.3) is 0 Å². The van der Waals surface area contributed by atoms with Crippen molar-refractivity contribution in [1.29, 1.82) is 0 Å². The Bertz CT molecular complexity index is 431. The van der Waals surface area contributed by atoms with Gasteiger partial charge < -0.3 is 16.0 Å². The number of benzene rings is 1. The summed E-state index contributed by atoms with van der Waals surface area (Å²) in [6.45, 7) is 5.98.